The highest BCUT2D eigenvalue weighted by molar-refractivity contribution is 5.76. The van der Waals surface area contributed by atoms with Crippen molar-refractivity contribution in [1.82, 2.24) is 14.7 Å². The van der Waals surface area contributed by atoms with Gasteiger partial charge in [-0.2, -0.15) is 5.10 Å². The average Bonchev–Trinajstić information content (AvgIpc) is 2.71. The van der Waals surface area contributed by atoms with E-state index in [1.807, 2.05) is 63.0 Å². The van der Waals surface area contributed by atoms with Gasteiger partial charge in [0.25, 0.3) is 0 Å². The predicted molar refractivity (Wildman–Crippen MR) is 83.9 cm³/mol. The second kappa shape index (κ2) is 6.57. The molecule has 0 aliphatic carbocycles. The summed E-state index contributed by atoms with van der Waals surface area (Å²) in [4.78, 5) is 14.0. The molecule has 1 amide bonds. The van der Waals surface area contributed by atoms with E-state index in [-0.39, 0.29) is 5.91 Å². The number of hydrogen-bond donors (Lipinski definition) is 0. The Morgan fingerprint density at radius 3 is 2.48 bits per heavy atom. The first kappa shape index (κ1) is 15.3. The molecule has 4 heteroatoms. The highest BCUT2D eigenvalue weighted by atomic mass is 16.2. The number of benzene rings is 1. The van der Waals surface area contributed by atoms with Crippen molar-refractivity contribution in [3.05, 3.63) is 52.8 Å². The number of amides is 1. The van der Waals surface area contributed by atoms with Crippen molar-refractivity contribution >= 4 is 5.91 Å². The molecule has 2 aromatic rings. The lowest BCUT2D eigenvalue weighted by Crippen LogP contribution is -2.26. The molecule has 0 bridgehead atoms. The van der Waals surface area contributed by atoms with Gasteiger partial charge >= 0.3 is 0 Å². The van der Waals surface area contributed by atoms with Crippen LogP contribution in [0, 0.1) is 13.8 Å². The van der Waals surface area contributed by atoms with Crippen LogP contribution in [0.3, 0.4) is 0 Å². The molecule has 1 aromatic heterocycles. The Balaban J connectivity index is 1.92. The average molecular weight is 285 g/mol. The van der Waals surface area contributed by atoms with Crippen molar-refractivity contribution in [2.45, 2.75) is 33.2 Å². The molecule has 1 aromatic carbocycles. The van der Waals surface area contributed by atoms with Gasteiger partial charge < -0.3 is 4.90 Å². The smallest absolute Gasteiger partial charge is 0.222 e. The van der Waals surface area contributed by atoms with Gasteiger partial charge in [-0.1, -0.05) is 30.3 Å². The summed E-state index contributed by atoms with van der Waals surface area (Å²) in [5.41, 5.74) is 4.51. The van der Waals surface area contributed by atoms with Gasteiger partial charge in [-0.15, -0.1) is 0 Å². The lowest BCUT2D eigenvalue weighted by atomic mass is 10.1. The zero-order valence-corrected chi connectivity index (χ0v) is 13.3. The van der Waals surface area contributed by atoms with E-state index in [0.717, 1.165) is 23.4 Å². The molecule has 0 saturated heterocycles. The summed E-state index contributed by atoms with van der Waals surface area (Å²) >= 11 is 0. The first-order valence-corrected chi connectivity index (χ1v) is 7.26. The zero-order valence-electron chi connectivity index (χ0n) is 13.3. The Labute approximate surface area is 126 Å². The number of aryl methyl sites for hydroxylation is 2. The molecule has 0 aliphatic heterocycles. The topological polar surface area (TPSA) is 38.1 Å². The molecule has 2 rings (SSSR count). The summed E-state index contributed by atoms with van der Waals surface area (Å²) in [6, 6.07) is 10.1. The van der Waals surface area contributed by atoms with Crippen LogP contribution in [-0.4, -0.2) is 27.6 Å². The van der Waals surface area contributed by atoms with E-state index in [2.05, 4.69) is 5.10 Å². The molecule has 0 fully saturated rings. The number of rotatable bonds is 5. The van der Waals surface area contributed by atoms with Crippen LogP contribution >= 0.6 is 0 Å². The number of nitrogens with zero attached hydrogens (tertiary/aromatic N) is 3. The van der Waals surface area contributed by atoms with Crippen LogP contribution in [-0.2, 0) is 24.8 Å². The monoisotopic (exact) mass is 285 g/mol. The van der Waals surface area contributed by atoms with E-state index >= 15 is 0 Å². The maximum absolute atomic E-state index is 12.2. The number of aromatic nitrogens is 2. The first-order valence-electron chi connectivity index (χ1n) is 7.26. The van der Waals surface area contributed by atoms with Gasteiger partial charge in [0.15, 0.2) is 0 Å². The van der Waals surface area contributed by atoms with Crippen LogP contribution in [0.25, 0.3) is 0 Å². The van der Waals surface area contributed by atoms with Crippen molar-refractivity contribution in [2.24, 2.45) is 7.05 Å². The molecule has 0 N–H and O–H groups in total. The predicted octanol–water partition coefficient (Wildman–Crippen LogP) is 2.63. The van der Waals surface area contributed by atoms with Gasteiger partial charge in [-0.3, -0.25) is 9.48 Å². The van der Waals surface area contributed by atoms with Gasteiger partial charge in [-0.25, -0.2) is 0 Å². The summed E-state index contributed by atoms with van der Waals surface area (Å²) in [6.07, 6.45) is 1.28. The molecule has 1 heterocycles. The largest absolute Gasteiger partial charge is 0.341 e. The third-order valence-electron chi connectivity index (χ3n) is 3.94. The Morgan fingerprint density at radius 2 is 1.90 bits per heavy atom. The van der Waals surface area contributed by atoms with Crippen molar-refractivity contribution in [2.75, 3.05) is 7.05 Å². The van der Waals surface area contributed by atoms with Crippen LogP contribution in [0.1, 0.15) is 28.9 Å². The SMILES string of the molecule is Cc1nn(C)c(C)c1CCC(=O)N(C)Cc1ccccc1. The molecule has 0 radical (unpaired) electrons. The van der Waals surface area contributed by atoms with Crippen molar-refractivity contribution < 1.29 is 4.79 Å². The Morgan fingerprint density at radius 1 is 1.24 bits per heavy atom. The molecule has 0 spiro atoms. The second-order valence-electron chi connectivity index (χ2n) is 5.51. The zero-order chi connectivity index (χ0) is 15.4. The van der Waals surface area contributed by atoms with E-state index in [0.29, 0.717) is 13.0 Å². The van der Waals surface area contributed by atoms with Gasteiger partial charge in [-0.05, 0) is 31.4 Å². The summed E-state index contributed by atoms with van der Waals surface area (Å²) in [6.45, 7) is 4.71. The molecular formula is C17H23N3O. The Kier molecular flexibility index (Phi) is 4.78. The van der Waals surface area contributed by atoms with Crippen molar-refractivity contribution in [3.63, 3.8) is 0 Å². The molecule has 4 nitrogen and oxygen atoms in total. The highest BCUT2D eigenvalue weighted by Gasteiger charge is 2.14. The number of carbonyl (C=O) groups is 1. The third kappa shape index (κ3) is 3.72. The van der Waals surface area contributed by atoms with E-state index in [4.69, 9.17) is 0 Å². The fraction of sp³-hybridized carbons (Fsp3) is 0.412. The minimum atomic E-state index is 0.168. The highest BCUT2D eigenvalue weighted by Crippen LogP contribution is 2.15. The fourth-order valence-electron chi connectivity index (χ4n) is 2.55. The minimum Gasteiger partial charge on any atom is -0.341 e. The third-order valence-corrected chi connectivity index (χ3v) is 3.94. The van der Waals surface area contributed by atoms with Crippen LogP contribution in [0.2, 0.25) is 0 Å². The van der Waals surface area contributed by atoms with E-state index in [1.165, 1.54) is 5.56 Å². The lowest BCUT2D eigenvalue weighted by Gasteiger charge is -2.17. The Hall–Kier alpha value is -2.10. The molecular weight excluding hydrogens is 262 g/mol. The van der Waals surface area contributed by atoms with Crippen LogP contribution in [0.4, 0.5) is 0 Å². The normalized spacial score (nSPS) is 10.7. The van der Waals surface area contributed by atoms with Crippen molar-refractivity contribution in [1.29, 1.82) is 0 Å². The minimum absolute atomic E-state index is 0.168. The van der Waals surface area contributed by atoms with Crippen molar-refractivity contribution in [3.8, 4) is 0 Å². The number of hydrogen-bond acceptors (Lipinski definition) is 2. The van der Waals surface area contributed by atoms with E-state index in [9.17, 15) is 4.79 Å². The quantitative estimate of drug-likeness (QED) is 0.847. The first-order chi connectivity index (χ1) is 9.99. The molecule has 0 saturated carbocycles. The number of carbonyl (C=O) groups excluding carboxylic acids is 1. The standard InChI is InChI=1S/C17H23N3O/c1-13-16(14(2)20(4)18-13)10-11-17(21)19(3)12-15-8-6-5-7-9-15/h5-9H,10-12H2,1-4H3. The van der Waals surface area contributed by atoms with Gasteiger partial charge in [0.05, 0.1) is 5.69 Å². The summed E-state index contributed by atoms with van der Waals surface area (Å²) in [5.74, 6) is 0.168. The molecule has 0 aliphatic rings. The van der Waals surface area contributed by atoms with Crippen LogP contribution in [0.5, 0.6) is 0 Å². The molecule has 112 valence electrons. The fourth-order valence-corrected chi connectivity index (χ4v) is 2.55. The maximum Gasteiger partial charge on any atom is 0.222 e. The van der Waals surface area contributed by atoms with Crippen LogP contribution < -0.4 is 0 Å². The van der Waals surface area contributed by atoms with Crippen LogP contribution in [0.15, 0.2) is 30.3 Å². The molecule has 21 heavy (non-hydrogen) atoms. The Bertz CT molecular complexity index is 616. The van der Waals surface area contributed by atoms with E-state index < -0.39 is 0 Å². The van der Waals surface area contributed by atoms with E-state index in [1.54, 1.807) is 4.90 Å². The second-order valence-corrected chi connectivity index (χ2v) is 5.51. The maximum atomic E-state index is 12.2. The van der Waals surface area contributed by atoms with Gasteiger partial charge in [0, 0.05) is 32.8 Å². The summed E-state index contributed by atoms with van der Waals surface area (Å²) in [7, 11) is 3.80. The molecule has 0 unspecified atom stereocenters. The van der Waals surface area contributed by atoms with Gasteiger partial charge in [0.2, 0.25) is 5.91 Å². The lowest BCUT2D eigenvalue weighted by molar-refractivity contribution is -0.130. The van der Waals surface area contributed by atoms with Gasteiger partial charge in [0.1, 0.15) is 0 Å². The summed E-state index contributed by atoms with van der Waals surface area (Å²) < 4.78 is 1.88. The molecule has 0 atom stereocenters. The summed E-state index contributed by atoms with van der Waals surface area (Å²) in [5, 5.41) is 4.39.